The van der Waals surface area contributed by atoms with Crippen molar-refractivity contribution in [3.8, 4) is 5.69 Å². The molecule has 2 aliphatic rings. The highest BCUT2D eigenvalue weighted by molar-refractivity contribution is 6.31. The van der Waals surface area contributed by atoms with Crippen molar-refractivity contribution in [2.45, 2.75) is 52.0 Å². The van der Waals surface area contributed by atoms with Gasteiger partial charge in [-0.3, -0.25) is 19.8 Å². The molecule has 1 aromatic carbocycles. The van der Waals surface area contributed by atoms with E-state index in [1.807, 2.05) is 54.9 Å². The summed E-state index contributed by atoms with van der Waals surface area (Å²) < 4.78 is 1.96. The van der Waals surface area contributed by atoms with Gasteiger partial charge in [-0.25, -0.2) is 4.79 Å². The third kappa shape index (κ3) is 3.50. The van der Waals surface area contributed by atoms with Gasteiger partial charge in [0.1, 0.15) is 5.57 Å². The van der Waals surface area contributed by atoms with Crippen LogP contribution >= 0.6 is 0 Å². The van der Waals surface area contributed by atoms with Gasteiger partial charge < -0.3 is 4.57 Å². The van der Waals surface area contributed by atoms with E-state index >= 15 is 0 Å². The van der Waals surface area contributed by atoms with Crippen LogP contribution < -0.4 is 5.32 Å². The van der Waals surface area contributed by atoms with Crippen LogP contribution in [0.15, 0.2) is 42.1 Å². The largest absolute Gasteiger partial charge is 0.331 e. The topological polar surface area (TPSA) is 71.4 Å². The molecule has 0 unspecified atom stereocenters. The summed E-state index contributed by atoms with van der Waals surface area (Å²) in [5, 5.41) is 2.35. The van der Waals surface area contributed by atoms with Gasteiger partial charge in [0.2, 0.25) is 0 Å². The molecule has 6 heteroatoms. The van der Waals surface area contributed by atoms with Gasteiger partial charge in [0.25, 0.3) is 11.8 Å². The van der Waals surface area contributed by atoms with Crippen molar-refractivity contribution in [1.82, 2.24) is 14.8 Å². The Kier molecular flexibility index (Phi) is 5.09. The molecule has 1 saturated heterocycles. The van der Waals surface area contributed by atoms with Crippen LogP contribution in [0, 0.1) is 13.8 Å². The first-order valence-electron chi connectivity index (χ1n) is 10.1. The van der Waals surface area contributed by atoms with Crippen LogP contribution in [0.3, 0.4) is 0 Å². The van der Waals surface area contributed by atoms with Crippen LogP contribution in [0.1, 0.15) is 48.9 Å². The first-order chi connectivity index (χ1) is 14.0. The van der Waals surface area contributed by atoms with Gasteiger partial charge in [0.15, 0.2) is 0 Å². The predicted octanol–water partition coefficient (Wildman–Crippen LogP) is 3.89. The fourth-order valence-electron chi connectivity index (χ4n) is 4.22. The molecular weight excluding hydrogens is 366 g/mol. The molecular formula is C23H25N3O3. The van der Waals surface area contributed by atoms with Gasteiger partial charge in [-0.1, -0.05) is 31.4 Å². The highest BCUT2D eigenvalue weighted by Gasteiger charge is 2.40. The summed E-state index contributed by atoms with van der Waals surface area (Å²) in [7, 11) is 0. The predicted molar refractivity (Wildman–Crippen MR) is 110 cm³/mol. The molecule has 0 atom stereocenters. The molecule has 29 heavy (non-hydrogen) atoms. The maximum absolute atomic E-state index is 13.1. The van der Waals surface area contributed by atoms with E-state index in [1.54, 1.807) is 6.08 Å². The van der Waals surface area contributed by atoms with E-state index in [9.17, 15) is 14.4 Å². The van der Waals surface area contributed by atoms with Gasteiger partial charge in [0.05, 0.1) is 0 Å². The quantitative estimate of drug-likeness (QED) is 0.637. The van der Waals surface area contributed by atoms with Crippen LogP contribution in [0.25, 0.3) is 11.8 Å². The van der Waals surface area contributed by atoms with E-state index in [2.05, 4.69) is 5.32 Å². The number of nitrogens with zero attached hydrogens (tertiary/aromatic N) is 2. The minimum Gasteiger partial charge on any atom is -0.317 e. The number of urea groups is 1. The lowest BCUT2D eigenvalue weighted by Gasteiger charge is -2.35. The number of carbonyl (C=O) groups is 3. The Hall–Kier alpha value is -3.15. The smallest absolute Gasteiger partial charge is 0.317 e. The van der Waals surface area contributed by atoms with Gasteiger partial charge >= 0.3 is 6.03 Å². The second kappa shape index (κ2) is 7.70. The lowest BCUT2D eigenvalue weighted by Crippen LogP contribution is -2.58. The molecule has 2 fully saturated rings. The number of hydrogen-bond donors (Lipinski definition) is 1. The van der Waals surface area contributed by atoms with Crippen LogP contribution in [0.2, 0.25) is 0 Å². The average Bonchev–Trinajstić information content (AvgIpc) is 3.16. The first kappa shape index (κ1) is 19.2. The molecule has 2 heterocycles. The lowest BCUT2D eigenvalue weighted by molar-refractivity contribution is -0.132. The SMILES string of the molecule is Cc1cccc(-n2cccc2C=C2C(=O)NC(=O)N(C3CCCCC3)C2=O)c1C. The summed E-state index contributed by atoms with van der Waals surface area (Å²) in [5.74, 6) is -1.14. The minimum atomic E-state index is -0.638. The lowest BCUT2D eigenvalue weighted by atomic mass is 9.93. The Balaban J connectivity index is 1.72. The van der Waals surface area contributed by atoms with Gasteiger partial charge in [-0.2, -0.15) is 0 Å². The van der Waals surface area contributed by atoms with Crippen LogP contribution in [-0.4, -0.2) is 33.4 Å². The Labute approximate surface area is 170 Å². The van der Waals surface area contributed by atoms with Crippen molar-refractivity contribution in [2.24, 2.45) is 0 Å². The van der Waals surface area contributed by atoms with Crippen molar-refractivity contribution in [3.63, 3.8) is 0 Å². The standard InChI is InChI=1S/C23H25N3O3/c1-15-8-6-12-20(16(15)2)25-13-7-11-18(25)14-19-21(27)24-23(29)26(22(19)28)17-9-4-3-5-10-17/h6-8,11-14,17H,3-5,9-10H2,1-2H3,(H,24,27,29). The van der Waals surface area contributed by atoms with E-state index in [-0.39, 0.29) is 11.6 Å². The fourth-order valence-corrected chi connectivity index (χ4v) is 4.22. The molecule has 0 radical (unpaired) electrons. The molecule has 4 rings (SSSR count). The highest BCUT2D eigenvalue weighted by atomic mass is 16.2. The zero-order chi connectivity index (χ0) is 20.5. The number of amides is 4. The second-order valence-corrected chi connectivity index (χ2v) is 7.81. The Morgan fingerprint density at radius 2 is 1.76 bits per heavy atom. The summed E-state index contributed by atoms with van der Waals surface area (Å²) in [5.41, 5.74) is 4.00. The number of carbonyl (C=O) groups excluding carboxylic acids is 3. The zero-order valence-corrected chi connectivity index (χ0v) is 16.8. The van der Waals surface area contributed by atoms with E-state index in [4.69, 9.17) is 0 Å². The Morgan fingerprint density at radius 1 is 1.00 bits per heavy atom. The van der Waals surface area contributed by atoms with Gasteiger partial charge in [0, 0.05) is 23.6 Å². The van der Waals surface area contributed by atoms with E-state index in [0.717, 1.165) is 54.6 Å². The van der Waals surface area contributed by atoms with E-state index in [1.165, 1.54) is 4.90 Å². The normalized spacial score (nSPS) is 19.7. The van der Waals surface area contributed by atoms with Gasteiger partial charge in [-0.05, 0) is 62.1 Å². The number of nitrogens with one attached hydrogen (secondary N) is 1. The molecule has 1 aliphatic heterocycles. The molecule has 4 amide bonds. The maximum atomic E-state index is 13.1. The van der Waals surface area contributed by atoms with Crippen molar-refractivity contribution in [2.75, 3.05) is 0 Å². The number of aryl methyl sites for hydroxylation is 1. The Morgan fingerprint density at radius 3 is 2.52 bits per heavy atom. The van der Waals surface area contributed by atoms with Crippen LogP contribution in [0.4, 0.5) is 4.79 Å². The maximum Gasteiger partial charge on any atom is 0.331 e. The summed E-state index contributed by atoms with van der Waals surface area (Å²) in [6.45, 7) is 4.09. The molecule has 1 aliphatic carbocycles. The summed E-state index contributed by atoms with van der Waals surface area (Å²) in [6, 6.07) is 9.03. The van der Waals surface area contributed by atoms with Crippen molar-refractivity contribution in [3.05, 3.63) is 58.9 Å². The number of rotatable bonds is 3. The van der Waals surface area contributed by atoms with E-state index < -0.39 is 17.8 Å². The summed E-state index contributed by atoms with van der Waals surface area (Å²) in [4.78, 5) is 39.2. The highest BCUT2D eigenvalue weighted by Crippen LogP contribution is 2.27. The van der Waals surface area contributed by atoms with Crippen molar-refractivity contribution >= 4 is 23.9 Å². The molecule has 0 spiro atoms. The summed E-state index contributed by atoms with van der Waals surface area (Å²) in [6.07, 6.45) is 8.17. The second-order valence-electron chi connectivity index (χ2n) is 7.81. The summed E-state index contributed by atoms with van der Waals surface area (Å²) >= 11 is 0. The molecule has 0 bridgehead atoms. The Bertz CT molecular complexity index is 1010. The molecule has 150 valence electrons. The van der Waals surface area contributed by atoms with E-state index in [0.29, 0.717) is 0 Å². The molecule has 1 saturated carbocycles. The van der Waals surface area contributed by atoms with Crippen molar-refractivity contribution in [1.29, 1.82) is 0 Å². The molecule has 2 aromatic rings. The molecule has 1 aromatic heterocycles. The third-order valence-electron chi connectivity index (χ3n) is 5.98. The monoisotopic (exact) mass is 391 g/mol. The number of barbiturate groups is 1. The molecule has 6 nitrogen and oxygen atoms in total. The number of aromatic nitrogens is 1. The van der Waals surface area contributed by atoms with Gasteiger partial charge in [-0.15, -0.1) is 0 Å². The minimum absolute atomic E-state index is 0.000398. The van der Waals surface area contributed by atoms with Crippen LogP contribution in [-0.2, 0) is 9.59 Å². The van der Waals surface area contributed by atoms with Crippen LogP contribution in [0.5, 0.6) is 0 Å². The van der Waals surface area contributed by atoms with Crippen molar-refractivity contribution < 1.29 is 14.4 Å². The first-order valence-corrected chi connectivity index (χ1v) is 10.1. The number of hydrogen-bond acceptors (Lipinski definition) is 3. The zero-order valence-electron chi connectivity index (χ0n) is 16.8. The average molecular weight is 391 g/mol. The molecule has 1 N–H and O–H groups in total. The number of imide groups is 2. The fraction of sp³-hybridized carbons (Fsp3) is 0.348. The number of benzene rings is 1. The third-order valence-corrected chi connectivity index (χ3v) is 5.98.